The molecule has 1 saturated heterocycles. The van der Waals surface area contributed by atoms with Crippen molar-refractivity contribution >= 4 is 0 Å². The van der Waals surface area contributed by atoms with Crippen molar-refractivity contribution in [2.45, 2.75) is 102 Å². The molecule has 0 aromatic rings. The average molecular weight is 348 g/mol. The molecule has 0 aliphatic carbocycles. The van der Waals surface area contributed by atoms with Gasteiger partial charge >= 0.3 is 0 Å². The van der Waals surface area contributed by atoms with Crippen molar-refractivity contribution in [2.75, 3.05) is 13.2 Å². The zero-order chi connectivity index (χ0) is 18.4. The van der Waals surface area contributed by atoms with Gasteiger partial charge in [0.05, 0.1) is 6.61 Å². The molecule has 4 N–H and O–H groups in total. The van der Waals surface area contributed by atoms with Crippen LogP contribution in [0, 0.1) is 0 Å². The Morgan fingerprint density at radius 1 is 0.917 bits per heavy atom. The summed E-state index contributed by atoms with van der Waals surface area (Å²) < 4.78 is 11.8. The molecule has 0 bridgehead atoms. The fraction of sp³-hybridized carbons (Fsp3) is 1.00. The molecule has 5 atom stereocenters. The molecule has 0 amide bonds. The molecule has 1 aliphatic heterocycles. The van der Waals surface area contributed by atoms with Crippen LogP contribution in [-0.4, -0.2) is 62.8 Å². The van der Waals surface area contributed by atoms with E-state index >= 15 is 0 Å². The van der Waals surface area contributed by atoms with Crippen LogP contribution in [0.5, 0.6) is 0 Å². The van der Waals surface area contributed by atoms with E-state index in [4.69, 9.17) is 9.47 Å². The monoisotopic (exact) mass is 348 g/mol. The van der Waals surface area contributed by atoms with Gasteiger partial charge < -0.3 is 29.9 Å². The van der Waals surface area contributed by atoms with Crippen molar-refractivity contribution in [1.82, 2.24) is 0 Å². The quantitative estimate of drug-likeness (QED) is 0.480. The van der Waals surface area contributed by atoms with Crippen LogP contribution in [0.15, 0.2) is 0 Å². The SMILES string of the molecule is CCCO[C@]1(CCC)[C@](O)(CCC)O[C@H](CO)[C@@H](O)[C@@]1(O)CCC. The van der Waals surface area contributed by atoms with Crippen LogP contribution in [0.25, 0.3) is 0 Å². The molecule has 0 saturated carbocycles. The Hall–Kier alpha value is -0.240. The van der Waals surface area contributed by atoms with Crippen molar-refractivity contribution in [3.63, 3.8) is 0 Å². The largest absolute Gasteiger partial charge is 0.394 e. The highest BCUT2D eigenvalue weighted by atomic mass is 16.7. The van der Waals surface area contributed by atoms with Gasteiger partial charge in [-0.05, 0) is 19.3 Å². The molecule has 6 heteroatoms. The average Bonchev–Trinajstić information content (AvgIpc) is 2.55. The van der Waals surface area contributed by atoms with E-state index in [1.54, 1.807) is 0 Å². The van der Waals surface area contributed by atoms with E-state index in [1.165, 1.54) is 0 Å². The minimum absolute atomic E-state index is 0.254. The Kier molecular flexibility index (Phi) is 8.10. The van der Waals surface area contributed by atoms with E-state index in [9.17, 15) is 20.4 Å². The van der Waals surface area contributed by atoms with Crippen LogP contribution < -0.4 is 0 Å². The summed E-state index contributed by atoms with van der Waals surface area (Å²) >= 11 is 0. The molecule has 0 spiro atoms. The molecule has 24 heavy (non-hydrogen) atoms. The first-order valence-corrected chi connectivity index (χ1v) is 9.37. The second kappa shape index (κ2) is 8.92. The number of rotatable bonds is 10. The molecule has 0 radical (unpaired) electrons. The summed E-state index contributed by atoms with van der Waals surface area (Å²) in [6, 6.07) is 0. The lowest BCUT2D eigenvalue weighted by atomic mass is 9.64. The highest BCUT2D eigenvalue weighted by molar-refractivity contribution is 5.17. The first kappa shape index (κ1) is 21.8. The Morgan fingerprint density at radius 3 is 1.96 bits per heavy atom. The minimum Gasteiger partial charge on any atom is -0.394 e. The fourth-order valence-corrected chi connectivity index (χ4v) is 4.11. The third-order valence-corrected chi connectivity index (χ3v) is 5.07. The lowest BCUT2D eigenvalue weighted by Crippen LogP contribution is -2.80. The van der Waals surface area contributed by atoms with Crippen LogP contribution in [0.1, 0.15) is 72.6 Å². The molecule has 0 aromatic heterocycles. The lowest BCUT2D eigenvalue weighted by molar-refractivity contribution is -0.429. The number of ether oxygens (including phenoxy) is 2. The first-order valence-electron chi connectivity index (χ1n) is 9.37. The predicted molar refractivity (Wildman–Crippen MR) is 91.6 cm³/mol. The van der Waals surface area contributed by atoms with Gasteiger partial charge in [-0.1, -0.05) is 47.0 Å². The lowest BCUT2D eigenvalue weighted by Gasteiger charge is -2.61. The summed E-state index contributed by atoms with van der Waals surface area (Å²) in [4.78, 5) is 0. The Morgan fingerprint density at radius 2 is 1.50 bits per heavy atom. The van der Waals surface area contributed by atoms with Crippen molar-refractivity contribution < 1.29 is 29.9 Å². The van der Waals surface area contributed by atoms with E-state index in [-0.39, 0.29) is 12.8 Å². The van der Waals surface area contributed by atoms with Crippen molar-refractivity contribution in [1.29, 1.82) is 0 Å². The van der Waals surface area contributed by atoms with E-state index in [1.807, 2.05) is 27.7 Å². The third-order valence-electron chi connectivity index (χ3n) is 5.07. The van der Waals surface area contributed by atoms with Crippen molar-refractivity contribution in [3.05, 3.63) is 0 Å². The summed E-state index contributed by atoms with van der Waals surface area (Å²) in [6.45, 7) is 7.58. The smallest absolute Gasteiger partial charge is 0.198 e. The normalized spacial score (nSPS) is 40.0. The van der Waals surface area contributed by atoms with Gasteiger partial charge in [-0.2, -0.15) is 0 Å². The molecule has 0 aromatic carbocycles. The van der Waals surface area contributed by atoms with Gasteiger partial charge in [-0.3, -0.25) is 0 Å². The molecular formula is C18H36O6. The number of aliphatic hydroxyl groups excluding tert-OH is 2. The second-order valence-corrected chi connectivity index (χ2v) is 6.92. The van der Waals surface area contributed by atoms with Gasteiger partial charge in [0.15, 0.2) is 11.4 Å². The van der Waals surface area contributed by atoms with Crippen LogP contribution in [0.3, 0.4) is 0 Å². The van der Waals surface area contributed by atoms with Crippen LogP contribution in [0.2, 0.25) is 0 Å². The molecule has 1 aliphatic rings. The van der Waals surface area contributed by atoms with Gasteiger partial charge in [0.25, 0.3) is 0 Å². The zero-order valence-corrected chi connectivity index (χ0v) is 15.6. The summed E-state index contributed by atoms with van der Waals surface area (Å²) in [7, 11) is 0. The summed E-state index contributed by atoms with van der Waals surface area (Å²) in [6.07, 6.45) is 1.08. The molecule has 1 rings (SSSR count). The van der Waals surface area contributed by atoms with E-state index < -0.39 is 35.8 Å². The van der Waals surface area contributed by atoms with Gasteiger partial charge in [0, 0.05) is 13.0 Å². The Labute approximate surface area is 145 Å². The maximum atomic E-state index is 11.5. The maximum Gasteiger partial charge on any atom is 0.198 e. The highest BCUT2D eigenvalue weighted by Gasteiger charge is 2.70. The molecule has 1 heterocycles. The van der Waals surface area contributed by atoms with Crippen LogP contribution >= 0.6 is 0 Å². The second-order valence-electron chi connectivity index (χ2n) is 6.92. The van der Waals surface area contributed by atoms with E-state index in [0.29, 0.717) is 32.3 Å². The first-order chi connectivity index (χ1) is 11.3. The minimum atomic E-state index is -1.76. The van der Waals surface area contributed by atoms with Crippen molar-refractivity contribution in [2.24, 2.45) is 0 Å². The Bertz CT molecular complexity index is 379. The molecule has 1 fully saturated rings. The predicted octanol–water partition coefficient (Wildman–Crippen LogP) is 1.72. The van der Waals surface area contributed by atoms with Crippen LogP contribution in [0.4, 0.5) is 0 Å². The number of hydrogen-bond donors (Lipinski definition) is 4. The fourth-order valence-electron chi connectivity index (χ4n) is 4.11. The van der Waals surface area contributed by atoms with Crippen LogP contribution in [-0.2, 0) is 9.47 Å². The van der Waals surface area contributed by atoms with E-state index in [0.717, 1.165) is 6.42 Å². The molecule has 6 nitrogen and oxygen atoms in total. The summed E-state index contributed by atoms with van der Waals surface area (Å²) in [5.74, 6) is -1.76. The van der Waals surface area contributed by atoms with Gasteiger partial charge in [0.2, 0.25) is 0 Å². The third kappa shape index (κ3) is 3.50. The van der Waals surface area contributed by atoms with E-state index in [2.05, 4.69) is 0 Å². The summed E-state index contributed by atoms with van der Waals surface area (Å²) in [5, 5.41) is 43.3. The van der Waals surface area contributed by atoms with Gasteiger partial charge in [-0.25, -0.2) is 0 Å². The standard InChI is InChI=1S/C18H36O6/c1-5-9-16(21)15(20)14(13-19)24-18(22,11-7-3)17(16,10-6-2)23-12-8-4/h14-15,19-22H,5-13H2,1-4H3/t14-,15-,16+,17+,18+/m1/s1. The van der Waals surface area contributed by atoms with Gasteiger partial charge in [0.1, 0.15) is 17.8 Å². The highest BCUT2D eigenvalue weighted by Crippen LogP contribution is 2.52. The Balaban J connectivity index is 3.52. The topological polar surface area (TPSA) is 99.4 Å². The molecular weight excluding hydrogens is 312 g/mol. The molecule has 0 unspecified atom stereocenters. The zero-order valence-electron chi connectivity index (χ0n) is 15.6. The van der Waals surface area contributed by atoms with Gasteiger partial charge in [-0.15, -0.1) is 0 Å². The maximum absolute atomic E-state index is 11.5. The summed E-state index contributed by atoms with van der Waals surface area (Å²) in [5.41, 5.74) is -3.12. The number of aliphatic hydroxyl groups is 4. The van der Waals surface area contributed by atoms with Crippen molar-refractivity contribution in [3.8, 4) is 0 Å². The molecule has 144 valence electrons. The number of hydrogen-bond acceptors (Lipinski definition) is 6.